The number of rotatable bonds is 9. The summed E-state index contributed by atoms with van der Waals surface area (Å²) in [7, 11) is 0. The molecule has 0 saturated carbocycles. The molecule has 2 amide bonds. The van der Waals surface area contributed by atoms with E-state index in [1.807, 2.05) is 13.8 Å². The van der Waals surface area contributed by atoms with Crippen LogP contribution in [-0.2, 0) is 4.79 Å². The molecule has 1 heterocycles. The zero-order chi connectivity index (χ0) is 20.7. The number of hydrogen-bond donors (Lipinski definition) is 2. The molecule has 0 fully saturated rings. The number of hydrogen-bond acceptors (Lipinski definition) is 5. The van der Waals surface area contributed by atoms with Gasteiger partial charge in [-0.15, -0.1) is 0 Å². The highest BCUT2D eigenvalue weighted by atomic mass is 35.5. The molecule has 1 aromatic heterocycles. The zero-order valence-corrected chi connectivity index (χ0v) is 16.3. The van der Waals surface area contributed by atoms with Crippen LogP contribution in [0.1, 0.15) is 42.4 Å². The second-order valence-electron chi connectivity index (χ2n) is 6.29. The fourth-order valence-electron chi connectivity index (χ4n) is 2.09. The van der Waals surface area contributed by atoms with E-state index in [9.17, 15) is 14.0 Å². The van der Waals surface area contributed by atoms with Crippen LogP contribution in [0.4, 0.5) is 4.39 Å². The molecule has 0 spiro atoms. The number of amides is 2. The lowest BCUT2D eigenvalue weighted by Crippen LogP contribution is -2.30. The number of benzene rings is 1. The Labute approximate surface area is 166 Å². The van der Waals surface area contributed by atoms with E-state index < -0.39 is 17.6 Å². The molecule has 0 aliphatic carbocycles. The van der Waals surface area contributed by atoms with Crippen molar-refractivity contribution >= 4 is 23.4 Å². The third-order valence-corrected chi connectivity index (χ3v) is 3.94. The van der Waals surface area contributed by atoms with Gasteiger partial charge in [0.25, 0.3) is 11.8 Å². The van der Waals surface area contributed by atoms with E-state index in [2.05, 4.69) is 22.4 Å². The average molecular weight is 410 g/mol. The summed E-state index contributed by atoms with van der Waals surface area (Å²) in [6.07, 6.45) is 0.318. The molecule has 2 N–H and O–H groups in total. The van der Waals surface area contributed by atoms with Gasteiger partial charge in [0.1, 0.15) is 11.6 Å². The van der Waals surface area contributed by atoms with Gasteiger partial charge in [0.2, 0.25) is 5.76 Å². The topological polar surface area (TPSA) is 93.5 Å². The number of nitrogens with one attached hydrogen (secondary N) is 2. The highest BCUT2D eigenvalue weighted by molar-refractivity contribution is 6.30. The molecule has 0 radical (unpaired) electrons. The number of nitrogens with zero attached hydrogens (tertiary/aromatic N) is 1. The molecule has 1 aromatic carbocycles. The molecular weight excluding hydrogens is 389 g/mol. The van der Waals surface area contributed by atoms with Gasteiger partial charge >= 0.3 is 0 Å². The van der Waals surface area contributed by atoms with Gasteiger partial charge in [0.15, 0.2) is 6.61 Å². The first-order valence-electron chi connectivity index (χ1n) is 8.56. The van der Waals surface area contributed by atoms with E-state index in [-0.39, 0.29) is 35.6 Å². The van der Waals surface area contributed by atoms with Crippen molar-refractivity contribution in [2.75, 3.05) is 13.2 Å². The van der Waals surface area contributed by atoms with E-state index in [0.717, 1.165) is 6.07 Å². The van der Waals surface area contributed by atoms with E-state index >= 15 is 0 Å². The Bertz CT molecular complexity index is 867. The van der Waals surface area contributed by atoms with E-state index in [4.69, 9.17) is 20.9 Å². The molecular formula is C19H21ClFN3O4. The molecule has 2 aromatic rings. The molecule has 0 saturated heterocycles. The number of ether oxygens (including phenoxy) is 1. The summed E-state index contributed by atoms with van der Waals surface area (Å²) in [5.74, 6) is -1.02. The highest BCUT2D eigenvalue weighted by Crippen LogP contribution is 2.20. The molecule has 150 valence electrons. The minimum atomic E-state index is -0.632. The molecule has 0 unspecified atom stereocenters. The van der Waals surface area contributed by atoms with Crippen molar-refractivity contribution in [1.82, 2.24) is 15.8 Å². The summed E-state index contributed by atoms with van der Waals surface area (Å²) in [5.41, 5.74) is 1.10. The van der Waals surface area contributed by atoms with Crippen molar-refractivity contribution in [3.63, 3.8) is 0 Å². The van der Waals surface area contributed by atoms with Crippen molar-refractivity contribution < 1.29 is 23.2 Å². The monoisotopic (exact) mass is 409 g/mol. The van der Waals surface area contributed by atoms with E-state index in [1.54, 1.807) is 6.07 Å². The van der Waals surface area contributed by atoms with Gasteiger partial charge in [-0.2, -0.15) is 0 Å². The van der Waals surface area contributed by atoms with Gasteiger partial charge in [-0.05, 0) is 18.1 Å². The summed E-state index contributed by atoms with van der Waals surface area (Å²) in [5, 5.41) is 8.99. The Hall–Kier alpha value is -2.87. The third kappa shape index (κ3) is 6.38. The number of carbonyl (C=O) groups excluding carboxylic acids is 2. The average Bonchev–Trinajstić information content (AvgIpc) is 3.13. The molecule has 7 nitrogen and oxygen atoms in total. The second kappa shape index (κ2) is 9.89. The quantitative estimate of drug-likeness (QED) is 0.661. The van der Waals surface area contributed by atoms with Crippen LogP contribution in [-0.4, -0.2) is 30.1 Å². The van der Waals surface area contributed by atoms with E-state index in [1.165, 1.54) is 12.1 Å². The van der Waals surface area contributed by atoms with E-state index in [0.29, 0.717) is 17.8 Å². The van der Waals surface area contributed by atoms with Crippen molar-refractivity contribution in [3.05, 3.63) is 58.8 Å². The first-order valence-corrected chi connectivity index (χ1v) is 8.94. The largest absolute Gasteiger partial charge is 0.484 e. The summed E-state index contributed by atoms with van der Waals surface area (Å²) in [6.45, 7) is 7.54. The summed E-state index contributed by atoms with van der Waals surface area (Å²) >= 11 is 5.58. The van der Waals surface area contributed by atoms with Crippen molar-refractivity contribution in [2.24, 2.45) is 0 Å². The normalized spacial score (nSPS) is 10.6. The fraction of sp³-hybridized carbons (Fsp3) is 0.316. The van der Waals surface area contributed by atoms with Crippen LogP contribution in [0.15, 0.2) is 41.1 Å². The predicted octanol–water partition coefficient (Wildman–Crippen LogP) is 3.42. The van der Waals surface area contributed by atoms with Gasteiger partial charge < -0.3 is 19.9 Å². The minimum Gasteiger partial charge on any atom is -0.484 e. The number of carbonyl (C=O) groups is 2. The lowest BCUT2D eigenvalue weighted by Gasteiger charge is -2.10. The SMILES string of the molecule is C=C(CCNC(=O)c1cc(C(C)C)no1)NC(=O)COc1ccc(Cl)c(F)c1. The first kappa shape index (κ1) is 21.4. The Kier molecular flexibility index (Phi) is 7.57. The molecule has 2 rings (SSSR count). The Morgan fingerprint density at radius 1 is 1.36 bits per heavy atom. The molecule has 0 atom stereocenters. The maximum absolute atomic E-state index is 13.3. The van der Waals surface area contributed by atoms with Crippen LogP contribution >= 0.6 is 11.6 Å². The number of halogens is 2. The first-order chi connectivity index (χ1) is 13.3. The Morgan fingerprint density at radius 2 is 2.11 bits per heavy atom. The maximum atomic E-state index is 13.3. The fourth-order valence-corrected chi connectivity index (χ4v) is 2.21. The van der Waals surface area contributed by atoms with Crippen molar-refractivity contribution in [3.8, 4) is 5.75 Å². The van der Waals surface area contributed by atoms with Crippen LogP contribution in [0, 0.1) is 5.82 Å². The van der Waals surface area contributed by atoms with Crippen LogP contribution in [0.5, 0.6) is 5.75 Å². The zero-order valence-electron chi connectivity index (χ0n) is 15.6. The molecule has 0 aliphatic rings. The Balaban J connectivity index is 1.69. The lowest BCUT2D eigenvalue weighted by molar-refractivity contribution is -0.122. The molecule has 0 aliphatic heterocycles. The standard InChI is InChI=1S/C19H21ClFN3O4/c1-11(2)16-9-17(28-24-16)19(26)22-7-6-12(3)23-18(25)10-27-13-4-5-14(20)15(21)8-13/h4-5,8-9,11H,3,6-7,10H2,1-2H3,(H,22,26)(H,23,25). The molecule has 28 heavy (non-hydrogen) atoms. The summed E-state index contributed by atoms with van der Waals surface area (Å²) in [4.78, 5) is 23.8. The summed E-state index contributed by atoms with van der Waals surface area (Å²) in [6, 6.07) is 5.48. The van der Waals surface area contributed by atoms with Crippen LogP contribution in [0.2, 0.25) is 5.02 Å². The second-order valence-corrected chi connectivity index (χ2v) is 6.70. The van der Waals surface area contributed by atoms with Gasteiger partial charge in [0, 0.05) is 30.8 Å². The smallest absolute Gasteiger partial charge is 0.289 e. The van der Waals surface area contributed by atoms with Crippen molar-refractivity contribution in [1.29, 1.82) is 0 Å². The minimum absolute atomic E-state index is 0.0296. The summed E-state index contributed by atoms with van der Waals surface area (Å²) < 4.78 is 23.5. The maximum Gasteiger partial charge on any atom is 0.289 e. The Morgan fingerprint density at radius 3 is 2.75 bits per heavy atom. The van der Waals surface area contributed by atoms with Crippen LogP contribution in [0.3, 0.4) is 0 Å². The molecule has 9 heteroatoms. The van der Waals surface area contributed by atoms with Gasteiger partial charge in [-0.1, -0.05) is 37.2 Å². The van der Waals surface area contributed by atoms with Crippen LogP contribution in [0.25, 0.3) is 0 Å². The number of aromatic nitrogens is 1. The van der Waals surface area contributed by atoms with Crippen LogP contribution < -0.4 is 15.4 Å². The highest BCUT2D eigenvalue weighted by Gasteiger charge is 2.14. The van der Waals surface area contributed by atoms with Gasteiger partial charge in [-0.25, -0.2) is 4.39 Å². The van der Waals surface area contributed by atoms with Gasteiger partial charge in [0.05, 0.1) is 10.7 Å². The predicted molar refractivity (Wildman–Crippen MR) is 102 cm³/mol. The van der Waals surface area contributed by atoms with Gasteiger partial charge in [-0.3, -0.25) is 9.59 Å². The lowest BCUT2D eigenvalue weighted by atomic mass is 10.1. The third-order valence-electron chi connectivity index (χ3n) is 3.63. The molecule has 0 bridgehead atoms. The van der Waals surface area contributed by atoms with Crippen molar-refractivity contribution in [2.45, 2.75) is 26.2 Å².